The maximum atomic E-state index is 2.48. The Morgan fingerprint density at radius 3 is 1.19 bits per heavy atom. The molecular weight excluding hydrogens is 473 g/mol. The predicted octanol–water partition coefficient (Wildman–Crippen LogP) is 10.1. The van der Waals surface area contributed by atoms with E-state index in [0.29, 0.717) is 0 Å². The second-order valence-electron chi connectivity index (χ2n) is 10.4. The maximum absolute atomic E-state index is 2.48. The molecule has 0 aliphatic carbocycles. The third-order valence-electron chi connectivity index (χ3n) is 8.36. The fourth-order valence-corrected chi connectivity index (χ4v) is 8.74. The molecule has 0 saturated carbocycles. The van der Waals surface area contributed by atoms with Crippen LogP contribution in [0.15, 0.2) is 84.9 Å². The van der Waals surface area contributed by atoms with Crippen LogP contribution in [0.4, 0.5) is 0 Å². The van der Waals surface area contributed by atoms with Gasteiger partial charge >= 0.3 is 0 Å². The van der Waals surface area contributed by atoms with E-state index in [2.05, 4.69) is 84.9 Å². The minimum atomic E-state index is 1.03. The van der Waals surface area contributed by atoms with Crippen LogP contribution in [0, 0.1) is 0 Å². The monoisotopic (exact) mass is 494 g/mol. The minimum absolute atomic E-state index is 1.03. The van der Waals surface area contributed by atoms with Crippen LogP contribution in [0.5, 0.6) is 0 Å². The summed E-state index contributed by atoms with van der Waals surface area (Å²) in [5.74, 6) is 4.16. The first kappa shape index (κ1) is 19.9. The lowest BCUT2D eigenvalue weighted by molar-refractivity contribution is 1.33. The van der Waals surface area contributed by atoms with Crippen LogP contribution in [0.2, 0.25) is 0 Å². The SMILES string of the molecule is c1cc2ccc1CSCc1cc3ccc4ccc5ccc6cc(c7ccc1c1c3c4c5c6c71)CSC2. The molecule has 0 N–H and O–H groups in total. The molecule has 0 spiro atoms. The van der Waals surface area contributed by atoms with Crippen molar-refractivity contribution in [3.63, 3.8) is 0 Å². The molecule has 0 fully saturated rings. The van der Waals surface area contributed by atoms with Gasteiger partial charge in [-0.3, -0.25) is 0 Å². The van der Waals surface area contributed by atoms with E-state index in [-0.39, 0.29) is 0 Å². The van der Waals surface area contributed by atoms with Crippen molar-refractivity contribution in [2.45, 2.75) is 23.0 Å². The minimum Gasteiger partial charge on any atom is -0.152 e. The number of thioether (sulfide) groups is 2. The molecule has 170 valence electrons. The van der Waals surface area contributed by atoms with Crippen LogP contribution in [0.3, 0.4) is 0 Å². The van der Waals surface area contributed by atoms with Crippen molar-refractivity contribution < 1.29 is 0 Å². The van der Waals surface area contributed by atoms with Crippen molar-refractivity contribution >= 4 is 88.2 Å². The highest BCUT2D eigenvalue weighted by molar-refractivity contribution is 7.98. The summed E-state index contributed by atoms with van der Waals surface area (Å²) in [6, 6.07) is 33.1. The van der Waals surface area contributed by atoms with Crippen molar-refractivity contribution in [3.05, 3.63) is 107 Å². The van der Waals surface area contributed by atoms with Crippen LogP contribution in [-0.2, 0) is 23.0 Å². The van der Waals surface area contributed by atoms with Crippen molar-refractivity contribution in [1.29, 1.82) is 0 Å². The zero-order valence-corrected chi connectivity index (χ0v) is 21.4. The molecule has 2 heteroatoms. The standard InChI is InChI=1S/C34H22S2/c1-2-20-4-3-19(1)15-35-17-25-13-23-9-7-21-5-6-22-8-10-24-14-26(18-36-16-20)28-12-11-27(25)33-31(23)29(21)30(22)32(24)34(28)33/h1-14H,15-18H2. The van der Waals surface area contributed by atoms with E-state index in [0.717, 1.165) is 23.0 Å². The van der Waals surface area contributed by atoms with Gasteiger partial charge in [0, 0.05) is 23.0 Å². The summed E-state index contributed by atoms with van der Waals surface area (Å²) in [4.78, 5) is 0. The first-order valence-electron chi connectivity index (χ1n) is 12.7. The number of benzene rings is 8. The van der Waals surface area contributed by atoms with Gasteiger partial charge in [-0.1, -0.05) is 72.8 Å². The Balaban J connectivity index is 1.48. The van der Waals surface area contributed by atoms with Crippen LogP contribution >= 0.6 is 23.5 Å². The molecule has 4 aliphatic rings. The van der Waals surface area contributed by atoms with Crippen molar-refractivity contribution in [3.8, 4) is 0 Å². The summed E-state index contributed by atoms with van der Waals surface area (Å²) >= 11 is 4.07. The molecule has 12 rings (SSSR count). The normalized spacial score (nSPS) is 15.1. The van der Waals surface area contributed by atoms with Crippen LogP contribution in [0.25, 0.3) is 64.6 Å². The molecule has 8 bridgehead atoms. The Kier molecular flexibility index (Phi) is 3.98. The summed E-state index contributed by atoms with van der Waals surface area (Å²) in [5, 5.41) is 17.2. The topological polar surface area (TPSA) is 0 Å². The Labute approximate surface area is 217 Å². The fourth-order valence-electron chi connectivity index (χ4n) is 6.76. The Morgan fingerprint density at radius 1 is 0.361 bits per heavy atom. The van der Waals surface area contributed by atoms with Crippen molar-refractivity contribution in [2.75, 3.05) is 0 Å². The average molecular weight is 495 g/mol. The summed E-state index contributed by atoms with van der Waals surface area (Å²) in [6.07, 6.45) is 0. The van der Waals surface area contributed by atoms with E-state index in [1.54, 1.807) is 0 Å². The third-order valence-corrected chi connectivity index (χ3v) is 10.5. The van der Waals surface area contributed by atoms with Gasteiger partial charge in [0.05, 0.1) is 0 Å². The lowest BCUT2D eigenvalue weighted by Gasteiger charge is -2.23. The molecule has 4 heterocycles. The quantitative estimate of drug-likeness (QED) is 0.152. The maximum Gasteiger partial charge on any atom is 0.0194 e. The zero-order valence-electron chi connectivity index (χ0n) is 19.7. The van der Waals surface area contributed by atoms with E-state index in [4.69, 9.17) is 0 Å². The average Bonchev–Trinajstić information content (AvgIpc) is 2.92. The van der Waals surface area contributed by atoms with Gasteiger partial charge in [0.1, 0.15) is 0 Å². The van der Waals surface area contributed by atoms with Crippen LogP contribution in [-0.4, -0.2) is 0 Å². The van der Waals surface area contributed by atoms with E-state index < -0.39 is 0 Å². The van der Waals surface area contributed by atoms with Crippen LogP contribution in [0.1, 0.15) is 22.3 Å². The lowest BCUT2D eigenvalue weighted by atomic mass is 9.81. The summed E-state index contributed by atoms with van der Waals surface area (Å²) in [6.45, 7) is 0. The molecule has 0 aromatic heterocycles. The van der Waals surface area contributed by atoms with Crippen molar-refractivity contribution in [1.82, 2.24) is 0 Å². The smallest absolute Gasteiger partial charge is 0.0194 e. The largest absolute Gasteiger partial charge is 0.152 e. The van der Waals surface area contributed by atoms with Gasteiger partial charge in [-0.2, -0.15) is 23.5 Å². The van der Waals surface area contributed by atoms with Crippen LogP contribution < -0.4 is 0 Å². The Morgan fingerprint density at radius 2 is 0.750 bits per heavy atom. The van der Waals surface area contributed by atoms with E-state index in [9.17, 15) is 0 Å². The molecule has 0 atom stereocenters. The molecule has 0 amide bonds. The van der Waals surface area contributed by atoms with Gasteiger partial charge in [0.2, 0.25) is 0 Å². The first-order valence-corrected chi connectivity index (χ1v) is 15.0. The van der Waals surface area contributed by atoms with Gasteiger partial charge in [0.25, 0.3) is 0 Å². The second kappa shape index (κ2) is 7.18. The third kappa shape index (κ3) is 2.59. The predicted molar refractivity (Wildman–Crippen MR) is 161 cm³/mol. The van der Waals surface area contributed by atoms with Gasteiger partial charge in [-0.15, -0.1) is 0 Å². The molecule has 4 aliphatic heterocycles. The number of hydrogen-bond acceptors (Lipinski definition) is 2. The van der Waals surface area contributed by atoms with E-state index in [1.807, 2.05) is 23.5 Å². The first-order chi connectivity index (χ1) is 17.8. The highest BCUT2D eigenvalue weighted by atomic mass is 32.2. The van der Waals surface area contributed by atoms with Gasteiger partial charge in [-0.25, -0.2) is 0 Å². The number of rotatable bonds is 0. The van der Waals surface area contributed by atoms with Gasteiger partial charge < -0.3 is 0 Å². The molecule has 0 nitrogen and oxygen atoms in total. The molecule has 0 unspecified atom stereocenters. The van der Waals surface area contributed by atoms with Gasteiger partial charge in [-0.05, 0) is 99.0 Å². The number of hydrogen-bond donors (Lipinski definition) is 0. The summed E-state index contributed by atoms with van der Waals surface area (Å²) in [7, 11) is 0. The zero-order chi connectivity index (χ0) is 23.4. The van der Waals surface area contributed by atoms with Gasteiger partial charge in [0.15, 0.2) is 0 Å². The molecule has 0 radical (unpaired) electrons. The second-order valence-corrected chi connectivity index (χ2v) is 12.3. The Hall–Kier alpha value is -3.20. The van der Waals surface area contributed by atoms with Crippen molar-refractivity contribution in [2.24, 2.45) is 0 Å². The summed E-state index contributed by atoms with van der Waals surface area (Å²) < 4.78 is 0. The molecule has 36 heavy (non-hydrogen) atoms. The highest BCUT2D eigenvalue weighted by Crippen LogP contribution is 2.50. The lowest BCUT2D eigenvalue weighted by Crippen LogP contribution is -1.97. The molecular formula is C34H22S2. The molecule has 8 aromatic rings. The highest BCUT2D eigenvalue weighted by Gasteiger charge is 2.22. The fraction of sp³-hybridized carbons (Fsp3) is 0.118. The summed E-state index contributed by atoms with van der Waals surface area (Å²) in [5.41, 5.74) is 5.77. The molecule has 0 saturated heterocycles. The van der Waals surface area contributed by atoms with E-state index in [1.165, 1.54) is 86.9 Å². The Bertz CT molecular complexity index is 1930. The van der Waals surface area contributed by atoms with E-state index >= 15 is 0 Å². The molecule has 8 aromatic carbocycles.